The molecule has 1 aliphatic carbocycles. The maximum Gasteiger partial charge on any atom is 0.192 e. The first-order chi connectivity index (χ1) is 7.12. The molecule has 1 fully saturated rings. The van der Waals surface area contributed by atoms with Crippen LogP contribution >= 0.6 is 0 Å². The molecule has 0 N–H and O–H groups in total. The Morgan fingerprint density at radius 2 is 1.81 bits per heavy atom. The first-order valence-electron chi connectivity index (χ1n) is 6.31. The van der Waals surface area contributed by atoms with Gasteiger partial charge in [0.05, 0.1) is 6.10 Å². The Labute approximate surface area is 101 Å². The average Bonchev–Trinajstić information content (AvgIpc) is 1.97. The second kappa shape index (κ2) is 4.61. The highest BCUT2D eigenvalue weighted by Crippen LogP contribution is 2.39. The van der Waals surface area contributed by atoms with Crippen LogP contribution in [0, 0.1) is 5.92 Å². The highest BCUT2D eigenvalue weighted by Gasteiger charge is 2.40. The standard InChI is InChI=1S/C13H26O2Si/c1-10-7-11(14)9-12(8-10)15-16(5,6)13(2,3)4/h10,12H,7-9H2,1-6H3. The molecule has 1 rings (SSSR count). The number of Topliss-reactive ketones (excluding diaryl/α,β-unsaturated/α-hetero) is 1. The molecular formula is C13H26O2Si. The van der Waals surface area contributed by atoms with Crippen molar-refractivity contribution in [2.45, 2.75) is 71.2 Å². The van der Waals surface area contributed by atoms with Crippen molar-refractivity contribution >= 4 is 14.1 Å². The Balaban J connectivity index is 2.63. The molecule has 94 valence electrons. The topological polar surface area (TPSA) is 26.3 Å². The van der Waals surface area contributed by atoms with E-state index in [2.05, 4.69) is 40.8 Å². The molecule has 2 unspecified atom stereocenters. The Morgan fingerprint density at radius 1 is 1.25 bits per heavy atom. The highest BCUT2D eigenvalue weighted by atomic mass is 28.4. The van der Waals surface area contributed by atoms with Gasteiger partial charge in [0.1, 0.15) is 5.78 Å². The second-order valence-electron chi connectivity index (χ2n) is 6.79. The molecule has 3 heteroatoms. The lowest BCUT2D eigenvalue weighted by atomic mass is 9.88. The summed E-state index contributed by atoms with van der Waals surface area (Å²) < 4.78 is 6.30. The van der Waals surface area contributed by atoms with E-state index < -0.39 is 8.32 Å². The molecule has 0 bridgehead atoms. The molecule has 0 spiro atoms. The van der Waals surface area contributed by atoms with Crippen molar-refractivity contribution in [1.82, 2.24) is 0 Å². The van der Waals surface area contributed by atoms with Crippen molar-refractivity contribution in [1.29, 1.82) is 0 Å². The fraction of sp³-hybridized carbons (Fsp3) is 0.923. The van der Waals surface area contributed by atoms with Gasteiger partial charge >= 0.3 is 0 Å². The van der Waals surface area contributed by atoms with E-state index in [-0.39, 0.29) is 11.1 Å². The summed E-state index contributed by atoms with van der Waals surface area (Å²) in [6.07, 6.45) is 2.61. The SMILES string of the molecule is CC1CC(=O)CC(O[Si](C)(C)C(C)(C)C)C1. The van der Waals surface area contributed by atoms with E-state index >= 15 is 0 Å². The van der Waals surface area contributed by atoms with Crippen LogP contribution < -0.4 is 0 Å². The highest BCUT2D eigenvalue weighted by molar-refractivity contribution is 6.74. The van der Waals surface area contributed by atoms with Gasteiger partial charge in [0.2, 0.25) is 0 Å². The maximum atomic E-state index is 11.6. The molecule has 0 aromatic heterocycles. The number of ketones is 1. The first-order valence-corrected chi connectivity index (χ1v) is 9.22. The summed E-state index contributed by atoms with van der Waals surface area (Å²) in [5, 5.41) is 0.233. The number of hydrogen-bond acceptors (Lipinski definition) is 2. The van der Waals surface area contributed by atoms with E-state index in [0.717, 1.165) is 12.8 Å². The Morgan fingerprint density at radius 3 is 2.25 bits per heavy atom. The van der Waals surface area contributed by atoms with Crippen molar-refractivity contribution in [2.24, 2.45) is 5.92 Å². The fourth-order valence-corrected chi connectivity index (χ4v) is 3.39. The van der Waals surface area contributed by atoms with Crippen molar-refractivity contribution in [2.75, 3.05) is 0 Å². The third-order valence-corrected chi connectivity index (χ3v) is 8.50. The van der Waals surface area contributed by atoms with E-state index in [1.165, 1.54) is 0 Å². The molecule has 2 nitrogen and oxygen atoms in total. The molecule has 0 amide bonds. The van der Waals surface area contributed by atoms with Gasteiger partial charge in [0, 0.05) is 12.8 Å². The molecule has 0 aromatic carbocycles. The van der Waals surface area contributed by atoms with Gasteiger partial charge in [-0.25, -0.2) is 0 Å². The number of carbonyl (C=O) groups excluding carboxylic acids is 1. The quantitative estimate of drug-likeness (QED) is 0.689. The van der Waals surface area contributed by atoms with E-state index in [0.29, 0.717) is 18.1 Å². The molecule has 1 aliphatic rings. The minimum Gasteiger partial charge on any atom is -0.413 e. The van der Waals surface area contributed by atoms with Crippen molar-refractivity contribution in [3.05, 3.63) is 0 Å². The summed E-state index contributed by atoms with van der Waals surface area (Å²) in [5.41, 5.74) is 0. The van der Waals surface area contributed by atoms with Gasteiger partial charge in [0.15, 0.2) is 8.32 Å². The van der Waals surface area contributed by atoms with Crippen LogP contribution in [0.2, 0.25) is 18.1 Å². The minimum atomic E-state index is -1.70. The molecule has 0 heterocycles. The lowest BCUT2D eigenvalue weighted by Crippen LogP contribution is -2.45. The van der Waals surface area contributed by atoms with Gasteiger partial charge in [-0.05, 0) is 30.5 Å². The third-order valence-electron chi connectivity index (χ3n) is 3.96. The summed E-state index contributed by atoms with van der Waals surface area (Å²) in [6, 6.07) is 0. The Hall–Kier alpha value is -0.153. The lowest BCUT2D eigenvalue weighted by Gasteiger charge is -2.40. The monoisotopic (exact) mass is 242 g/mol. The molecular weight excluding hydrogens is 216 g/mol. The van der Waals surface area contributed by atoms with E-state index in [9.17, 15) is 4.79 Å². The molecule has 0 saturated heterocycles. The van der Waals surface area contributed by atoms with Crippen LogP contribution in [0.4, 0.5) is 0 Å². The summed E-state index contributed by atoms with van der Waals surface area (Å²) >= 11 is 0. The van der Waals surface area contributed by atoms with Crippen molar-refractivity contribution < 1.29 is 9.22 Å². The second-order valence-corrected chi connectivity index (χ2v) is 11.5. The van der Waals surface area contributed by atoms with E-state index in [1.807, 2.05) is 0 Å². The molecule has 0 aromatic rings. The largest absolute Gasteiger partial charge is 0.413 e. The van der Waals surface area contributed by atoms with Gasteiger partial charge in [-0.3, -0.25) is 4.79 Å². The van der Waals surface area contributed by atoms with Gasteiger partial charge in [-0.2, -0.15) is 0 Å². The van der Waals surface area contributed by atoms with Gasteiger partial charge in [-0.15, -0.1) is 0 Å². The molecule has 16 heavy (non-hydrogen) atoms. The summed E-state index contributed by atoms with van der Waals surface area (Å²) in [6.45, 7) is 13.4. The Kier molecular flexibility index (Phi) is 4.01. The van der Waals surface area contributed by atoms with Crippen LogP contribution in [-0.4, -0.2) is 20.2 Å². The normalized spacial score (nSPS) is 28.2. The zero-order valence-electron chi connectivity index (χ0n) is 11.6. The van der Waals surface area contributed by atoms with Crippen LogP contribution in [0.5, 0.6) is 0 Å². The summed E-state index contributed by atoms with van der Waals surface area (Å²) in [4.78, 5) is 11.6. The zero-order valence-corrected chi connectivity index (χ0v) is 12.6. The zero-order chi connectivity index (χ0) is 12.6. The summed E-state index contributed by atoms with van der Waals surface area (Å²) in [5.74, 6) is 0.874. The third kappa shape index (κ3) is 3.42. The smallest absolute Gasteiger partial charge is 0.192 e. The Bertz CT molecular complexity index is 266. The fourth-order valence-electron chi connectivity index (χ4n) is 2.02. The summed E-state index contributed by atoms with van der Waals surface area (Å²) in [7, 11) is -1.70. The number of carbonyl (C=O) groups is 1. The van der Waals surface area contributed by atoms with Crippen molar-refractivity contribution in [3.8, 4) is 0 Å². The first kappa shape index (κ1) is 13.9. The predicted molar refractivity (Wildman–Crippen MR) is 70.1 cm³/mol. The van der Waals surface area contributed by atoms with Crippen LogP contribution in [0.3, 0.4) is 0 Å². The van der Waals surface area contributed by atoms with Crippen LogP contribution in [0.1, 0.15) is 47.0 Å². The average molecular weight is 242 g/mol. The van der Waals surface area contributed by atoms with Gasteiger partial charge in [-0.1, -0.05) is 27.7 Å². The number of rotatable bonds is 2. The predicted octanol–water partition coefficient (Wildman–Crippen LogP) is 3.77. The van der Waals surface area contributed by atoms with Gasteiger partial charge in [0.25, 0.3) is 0 Å². The lowest BCUT2D eigenvalue weighted by molar-refractivity contribution is -0.124. The van der Waals surface area contributed by atoms with E-state index in [1.54, 1.807) is 0 Å². The van der Waals surface area contributed by atoms with Gasteiger partial charge < -0.3 is 4.43 Å². The van der Waals surface area contributed by atoms with E-state index in [4.69, 9.17) is 4.43 Å². The minimum absolute atomic E-state index is 0.178. The molecule has 1 saturated carbocycles. The maximum absolute atomic E-state index is 11.6. The number of hydrogen-bond donors (Lipinski definition) is 0. The van der Waals surface area contributed by atoms with Crippen LogP contribution in [0.25, 0.3) is 0 Å². The molecule has 2 atom stereocenters. The molecule has 0 radical (unpaired) electrons. The molecule has 0 aliphatic heterocycles. The van der Waals surface area contributed by atoms with Crippen molar-refractivity contribution in [3.63, 3.8) is 0 Å². The van der Waals surface area contributed by atoms with Crippen LogP contribution in [-0.2, 0) is 9.22 Å². The van der Waals surface area contributed by atoms with Crippen LogP contribution in [0.15, 0.2) is 0 Å².